The van der Waals surface area contributed by atoms with Crippen molar-refractivity contribution in [1.29, 1.82) is 0 Å². The van der Waals surface area contributed by atoms with Crippen LogP contribution in [0.3, 0.4) is 0 Å². The molecule has 0 radical (unpaired) electrons. The molecule has 0 saturated heterocycles. The van der Waals surface area contributed by atoms with Gasteiger partial charge in [0.05, 0.1) is 17.2 Å². The van der Waals surface area contributed by atoms with Crippen LogP contribution in [0.5, 0.6) is 0 Å². The number of anilines is 1. The van der Waals surface area contributed by atoms with Gasteiger partial charge in [-0.25, -0.2) is 9.97 Å². The molecule has 1 atom stereocenters. The maximum Gasteiger partial charge on any atom is 0.181 e. The predicted molar refractivity (Wildman–Crippen MR) is 85.4 cm³/mol. The van der Waals surface area contributed by atoms with E-state index in [9.17, 15) is 0 Å². The molecule has 0 spiro atoms. The van der Waals surface area contributed by atoms with Gasteiger partial charge >= 0.3 is 0 Å². The SMILES string of the molecule is Cc1nc(-c2cccc(NC(C)c3scnc3C)c2)n[nH]1. The molecule has 5 nitrogen and oxygen atoms in total. The van der Waals surface area contributed by atoms with Gasteiger partial charge < -0.3 is 5.32 Å². The van der Waals surface area contributed by atoms with Crippen LogP contribution in [0.2, 0.25) is 0 Å². The molecule has 2 N–H and O–H groups in total. The molecule has 2 aromatic heterocycles. The summed E-state index contributed by atoms with van der Waals surface area (Å²) >= 11 is 1.68. The van der Waals surface area contributed by atoms with Crippen LogP contribution in [0.25, 0.3) is 11.4 Å². The molecule has 3 rings (SSSR count). The minimum Gasteiger partial charge on any atom is -0.378 e. The normalized spacial score (nSPS) is 12.3. The second-order valence-electron chi connectivity index (χ2n) is 4.99. The Morgan fingerprint density at radius 3 is 2.81 bits per heavy atom. The third-order valence-electron chi connectivity index (χ3n) is 3.28. The lowest BCUT2D eigenvalue weighted by molar-refractivity contribution is 0.890. The largest absolute Gasteiger partial charge is 0.378 e. The van der Waals surface area contributed by atoms with Crippen LogP contribution in [-0.2, 0) is 0 Å². The van der Waals surface area contributed by atoms with E-state index in [1.54, 1.807) is 11.3 Å². The summed E-state index contributed by atoms with van der Waals surface area (Å²) in [5, 5.41) is 10.6. The van der Waals surface area contributed by atoms with Gasteiger partial charge in [0.2, 0.25) is 0 Å². The Morgan fingerprint density at radius 2 is 2.14 bits per heavy atom. The van der Waals surface area contributed by atoms with E-state index in [4.69, 9.17) is 0 Å². The maximum absolute atomic E-state index is 4.36. The summed E-state index contributed by atoms with van der Waals surface area (Å²) in [5.74, 6) is 1.54. The quantitative estimate of drug-likeness (QED) is 0.770. The fourth-order valence-electron chi connectivity index (χ4n) is 2.26. The first kappa shape index (κ1) is 13.8. The van der Waals surface area contributed by atoms with E-state index < -0.39 is 0 Å². The number of aromatic nitrogens is 4. The van der Waals surface area contributed by atoms with E-state index in [1.165, 1.54) is 4.88 Å². The van der Waals surface area contributed by atoms with Gasteiger partial charge in [0.1, 0.15) is 5.82 Å². The van der Waals surface area contributed by atoms with Crippen molar-refractivity contribution in [2.24, 2.45) is 0 Å². The van der Waals surface area contributed by atoms with Crippen molar-refractivity contribution in [2.75, 3.05) is 5.32 Å². The summed E-state index contributed by atoms with van der Waals surface area (Å²) in [5.41, 5.74) is 5.02. The first-order valence-corrected chi connectivity index (χ1v) is 7.67. The monoisotopic (exact) mass is 299 g/mol. The highest BCUT2D eigenvalue weighted by Crippen LogP contribution is 2.27. The number of thiazole rings is 1. The average molecular weight is 299 g/mol. The molecular formula is C15H17N5S. The molecule has 0 amide bonds. The van der Waals surface area contributed by atoms with Gasteiger partial charge in [-0.3, -0.25) is 5.10 Å². The molecule has 3 aromatic rings. The highest BCUT2D eigenvalue weighted by molar-refractivity contribution is 7.09. The van der Waals surface area contributed by atoms with E-state index in [1.807, 2.05) is 31.5 Å². The van der Waals surface area contributed by atoms with E-state index >= 15 is 0 Å². The van der Waals surface area contributed by atoms with Crippen LogP contribution in [0.15, 0.2) is 29.8 Å². The Hall–Kier alpha value is -2.21. The van der Waals surface area contributed by atoms with E-state index in [-0.39, 0.29) is 6.04 Å². The van der Waals surface area contributed by atoms with Gasteiger partial charge in [0, 0.05) is 16.1 Å². The summed E-state index contributed by atoms with van der Waals surface area (Å²) in [6.07, 6.45) is 0. The molecule has 21 heavy (non-hydrogen) atoms. The first-order valence-electron chi connectivity index (χ1n) is 6.79. The van der Waals surface area contributed by atoms with Gasteiger partial charge in [-0.2, -0.15) is 5.10 Å². The zero-order valence-corrected chi connectivity index (χ0v) is 13.0. The standard InChI is InChI=1S/C15H17N5S/c1-9-14(21-8-16-9)10(2)17-13-6-4-5-12(7-13)15-18-11(3)19-20-15/h4-8,10,17H,1-3H3,(H,18,19,20). The Labute approximate surface area is 127 Å². The zero-order valence-electron chi connectivity index (χ0n) is 12.2. The maximum atomic E-state index is 4.36. The number of aromatic amines is 1. The summed E-state index contributed by atoms with van der Waals surface area (Å²) < 4.78 is 0. The molecule has 0 aliphatic rings. The summed E-state index contributed by atoms with van der Waals surface area (Å²) in [6, 6.07) is 8.36. The number of nitrogens with one attached hydrogen (secondary N) is 2. The van der Waals surface area contributed by atoms with Gasteiger partial charge in [-0.15, -0.1) is 11.3 Å². The van der Waals surface area contributed by atoms with Gasteiger partial charge in [-0.05, 0) is 32.9 Å². The van der Waals surface area contributed by atoms with E-state index in [0.717, 1.165) is 28.6 Å². The first-order chi connectivity index (χ1) is 10.1. The number of nitrogens with zero attached hydrogens (tertiary/aromatic N) is 3. The molecule has 1 unspecified atom stereocenters. The van der Waals surface area contributed by atoms with Crippen LogP contribution in [0, 0.1) is 13.8 Å². The number of aryl methyl sites for hydroxylation is 2. The number of hydrogen-bond acceptors (Lipinski definition) is 5. The Balaban J connectivity index is 1.82. The molecule has 108 valence electrons. The van der Waals surface area contributed by atoms with Crippen LogP contribution in [0.4, 0.5) is 5.69 Å². The van der Waals surface area contributed by atoms with Gasteiger partial charge in [0.25, 0.3) is 0 Å². The topological polar surface area (TPSA) is 66.5 Å². The fourth-order valence-corrected chi connectivity index (χ4v) is 3.07. The molecule has 1 aromatic carbocycles. The fraction of sp³-hybridized carbons (Fsp3) is 0.267. The molecule has 0 aliphatic carbocycles. The smallest absolute Gasteiger partial charge is 0.181 e. The number of hydrogen-bond donors (Lipinski definition) is 2. The Morgan fingerprint density at radius 1 is 1.29 bits per heavy atom. The third kappa shape index (κ3) is 2.95. The lowest BCUT2D eigenvalue weighted by atomic mass is 10.1. The van der Waals surface area contributed by atoms with Crippen molar-refractivity contribution in [1.82, 2.24) is 20.2 Å². The Kier molecular flexibility index (Phi) is 3.70. The number of H-pyrrole nitrogens is 1. The molecule has 0 bridgehead atoms. The highest BCUT2D eigenvalue weighted by atomic mass is 32.1. The third-order valence-corrected chi connectivity index (χ3v) is 4.39. The van der Waals surface area contributed by atoms with E-state index in [2.05, 4.69) is 44.5 Å². The summed E-state index contributed by atoms with van der Waals surface area (Å²) in [6.45, 7) is 6.08. The average Bonchev–Trinajstić information content (AvgIpc) is 3.08. The lowest BCUT2D eigenvalue weighted by Crippen LogP contribution is -2.06. The lowest BCUT2D eigenvalue weighted by Gasteiger charge is -2.14. The minimum atomic E-state index is 0.224. The molecule has 0 saturated carbocycles. The molecular weight excluding hydrogens is 282 g/mol. The number of benzene rings is 1. The second kappa shape index (κ2) is 5.65. The van der Waals surface area contributed by atoms with Crippen molar-refractivity contribution < 1.29 is 0 Å². The minimum absolute atomic E-state index is 0.224. The van der Waals surface area contributed by atoms with Crippen molar-refractivity contribution in [3.8, 4) is 11.4 Å². The van der Waals surface area contributed by atoms with Crippen molar-refractivity contribution in [3.63, 3.8) is 0 Å². The van der Waals surface area contributed by atoms with Crippen molar-refractivity contribution in [3.05, 3.63) is 46.2 Å². The van der Waals surface area contributed by atoms with Gasteiger partial charge in [0.15, 0.2) is 5.82 Å². The summed E-state index contributed by atoms with van der Waals surface area (Å²) in [4.78, 5) is 9.92. The molecule has 0 fully saturated rings. The predicted octanol–water partition coefficient (Wildman–Crippen LogP) is 3.72. The molecule has 0 aliphatic heterocycles. The number of rotatable bonds is 4. The van der Waals surface area contributed by atoms with Crippen LogP contribution in [-0.4, -0.2) is 20.2 Å². The van der Waals surface area contributed by atoms with Gasteiger partial charge in [-0.1, -0.05) is 12.1 Å². The zero-order chi connectivity index (χ0) is 14.8. The highest BCUT2D eigenvalue weighted by Gasteiger charge is 2.11. The van der Waals surface area contributed by atoms with Crippen LogP contribution >= 0.6 is 11.3 Å². The van der Waals surface area contributed by atoms with Crippen LogP contribution in [0.1, 0.15) is 29.4 Å². The van der Waals surface area contributed by atoms with E-state index in [0.29, 0.717) is 0 Å². The Bertz CT molecular complexity index is 746. The second-order valence-corrected chi connectivity index (χ2v) is 5.88. The summed E-state index contributed by atoms with van der Waals surface area (Å²) in [7, 11) is 0. The van der Waals surface area contributed by atoms with Crippen molar-refractivity contribution >= 4 is 17.0 Å². The van der Waals surface area contributed by atoms with Crippen molar-refractivity contribution in [2.45, 2.75) is 26.8 Å². The molecule has 6 heteroatoms. The van der Waals surface area contributed by atoms with Crippen LogP contribution < -0.4 is 5.32 Å². The molecule has 2 heterocycles.